The normalized spacial score (nSPS) is 18.7. The van der Waals surface area contributed by atoms with Crippen LogP contribution in [0.4, 0.5) is 13.2 Å². The van der Waals surface area contributed by atoms with Crippen molar-refractivity contribution in [1.29, 1.82) is 0 Å². The lowest BCUT2D eigenvalue weighted by molar-refractivity contribution is 0.222. The molecule has 8 heteroatoms. The predicted molar refractivity (Wildman–Crippen MR) is 62.6 cm³/mol. The van der Waals surface area contributed by atoms with Crippen molar-refractivity contribution >= 4 is 10.0 Å². The molecule has 0 aliphatic carbocycles. The Kier molecular flexibility index (Phi) is 3.84. The van der Waals surface area contributed by atoms with Crippen LogP contribution in [0.3, 0.4) is 0 Å². The summed E-state index contributed by atoms with van der Waals surface area (Å²) < 4.78 is 64.9. The molecule has 19 heavy (non-hydrogen) atoms. The minimum Gasteiger partial charge on any atom is -0.304 e. The topological polar surface area (TPSA) is 40.6 Å². The Balaban J connectivity index is 2.38. The van der Waals surface area contributed by atoms with Gasteiger partial charge in [-0.15, -0.1) is 0 Å². The van der Waals surface area contributed by atoms with Crippen molar-refractivity contribution in [3.63, 3.8) is 0 Å². The molecule has 1 aromatic carbocycles. The molecule has 1 aliphatic heterocycles. The van der Waals surface area contributed by atoms with Gasteiger partial charge in [0, 0.05) is 26.2 Å². The Hall–Kier alpha value is -1.12. The van der Waals surface area contributed by atoms with Crippen LogP contribution in [-0.4, -0.2) is 50.8 Å². The SMILES string of the molecule is CN1CCN(S(=O)(=O)c2ccc(F)c(F)c2F)CC1. The third-order valence-corrected chi connectivity index (χ3v) is 5.00. The smallest absolute Gasteiger partial charge is 0.246 e. The molecule has 0 spiro atoms. The number of halogens is 3. The standard InChI is InChI=1S/C11H13F3N2O2S/c1-15-4-6-16(7-5-15)19(17,18)9-3-2-8(12)10(13)11(9)14/h2-3H,4-7H2,1H3. The van der Waals surface area contributed by atoms with Gasteiger partial charge in [-0.1, -0.05) is 0 Å². The maximum atomic E-state index is 13.6. The zero-order chi connectivity index (χ0) is 14.2. The highest BCUT2D eigenvalue weighted by atomic mass is 32.2. The molecule has 0 unspecified atom stereocenters. The highest BCUT2D eigenvalue weighted by Gasteiger charge is 2.31. The van der Waals surface area contributed by atoms with Crippen LogP contribution in [0.25, 0.3) is 0 Å². The summed E-state index contributed by atoms with van der Waals surface area (Å²) >= 11 is 0. The molecule has 0 amide bonds. The van der Waals surface area contributed by atoms with Crippen molar-refractivity contribution < 1.29 is 21.6 Å². The van der Waals surface area contributed by atoms with Crippen molar-refractivity contribution in [2.24, 2.45) is 0 Å². The zero-order valence-corrected chi connectivity index (χ0v) is 11.1. The molecule has 1 heterocycles. The summed E-state index contributed by atoms with van der Waals surface area (Å²) in [5.74, 6) is -4.84. The Morgan fingerprint density at radius 1 is 1.00 bits per heavy atom. The van der Waals surface area contributed by atoms with Crippen molar-refractivity contribution in [3.8, 4) is 0 Å². The fraction of sp³-hybridized carbons (Fsp3) is 0.455. The van der Waals surface area contributed by atoms with Crippen LogP contribution in [0.1, 0.15) is 0 Å². The van der Waals surface area contributed by atoms with E-state index < -0.39 is 32.4 Å². The second-order valence-corrected chi connectivity index (χ2v) is 6.29. The molecule has 0 radical (unpaired) electrons. The number of piperazine rings is 1. The lowest BCUT2D eigenvalue weighted by Crippen LogP contribution is -2.47. The lowest BCUT2D eigenvalue weighted by atomic mass is 10.3. The molecule has 4 nitrogen and oxygen atoms in total. The lowest BCUT2D eigenvalue weighted by Gasteiger charge is -2.31. The number of hydrogen-bond donors (Lipinski definition) is 0. The van der Waals surface area contributed by atoms with E-state index in [0.29, 0.717) is 19.2 Å². The van der Waals surface area contributed by atoms with Crippen LogP contribution in [0.2, 0.25) is 0 Å². The van der Waals surface area contributed by atoms with Crippen LogP contribution >= 0.6 is 0 Å². The third-order valence-electron chi connectivity index (χ3n) is 3.08. The fourth-order valence-corrected chi connectivity index (χ4v) is 3.35. The van der Waals surface area contributed by atoms with Crippen LogP contribution in [0.15, 0.2) is 17.0 Å². The molecule has 1 aliphatic rings. The maximum absolute atomic E-state index is 13.6. The molecule has 0 bridgehead atoms. The van der Waals surface area contributed by atoms with Gasteiger partial charge in [-0.3, -0.25) is 0 Å². The van der Waals surface area contributed by atoms with Gasteiger partial charge in [-0.25, -0.2) is 21.6 Å². The average Bonchev–Trinajstić information content (AvgIpc) is 2.36. The number of likely N-dealkylation sites (N-methyl/N-ethyl adjacent to an activating group) is 1. The van der Waals surface area contributed by atoms with Crippen LogP contribution < -0.4 is 0 Å². The molecule has 1 aromatic rings. The minimum atomic E-state index is -4.13. The van der Waals surface area contributed by atoms with E-state index in [4.69, 9.17) is 0 Å². The van der Waals surface area contributed by atoms with Crippen LogP contribution in [-0.2, 0) is 10.0 Å². The number of nitrogens with zero attached hydrogens (tertiary/aromatic N) is 2. The summed E-state index contributed by atoms with van der Waals surface area (Å²) in [7, 11) is -2.29. The summed E-state index contributed by atoms with van der Waals surface area (Å²) in [6, 6.07) is 1.36. The first-order valence-corrected chi connectivity index (χ1v) is 7.10. The van der Waals surface area contributed by atoms with E-state index in [-0.39, 0.29) is 13.1 Å². The van der Waals surface area contributed by atoms with Gasteiger partial charge in [0.1, 0.15) is 4.90 Å². The van der Waals surface area contributed by atoms with E-state index >= 15 is 0 Å². The van der Waals surface area contributed by atoms with Gasteiger partial charge in [-0.2, -0.15) is 4.31 Å². The van der Waals surface area contributed by atoms with Crippen molar-refractivity contribution in [3.05, 3.63) is 29.6 Å². The fourth-order valence-electron chi connectivity index (χ4n) is 1.87. The number of sulfonamides is 1. The Morgan fingerprint density at radius 3 is 2.16 bits per heavy atom. The van der Waals surface area contributed by atoms with Gasteiger partial charge in [0.05, 0.1) is 0 Å². The summed E-state index contributed by atoms with van der Waals surface area (Å²) in [4.78, 5) is 1.10. The molecule has 0 atom stereocenters. The zero-order valence-electron chi connectivity index (χ0n) is 10.2. The predicted octanol–water partition coefficient (Wildman–Crippen LogP) is 1.04. The molecule has 0 N–H and O–H groups in total. The van der Waals surface area contributed by atoms with E-state index in [1.54, 1.807) is 0 Å². The molecular weight excluding hydrogens is 281 g/mol. The Bertz CT molecular complexity index is 584. The van der Waals surface area contributed by atoms with E-state index in [9.17, 15) is 21.6 Å². The van der Waals surface area contributed by atoms with Crippen molar-refractivity contribution in [1.82, 2.24) is 9.21 Å². The highest BCUT2D eigenvalue weighted by molar-refractivity contribution is 7.89. The molecular formula is C11H13F3N2O2S. The van der Waals surface area contributed by atoms with Crippen LogP contribution in [0.5, 0.6) is 0 Å². The third kappa shape index (κ3) is 2.60. The number of rotatable bonds is 2. The van der Waals surface area contributed by atoms with E-state index in [0.717, 1.165) is 10.4 Å². The molecule has 1 fully saturated rings. The Labute approximate surface area is 109 Å². The summed E-state index contributed by atoms with van der Waals surface area (Å²) in [6.45, 7) is 1.39. The summed E-state index contributed by atoms with van der Waals surface area (Å²) in [5.41, 5.74) is 0. The number of benzene rings is 1. The minimum absolute atomic E-state index is 0.192. The van der Waals surface area contributed by atoms with Crippen molar-refractivity contribution in [2.45, 2.75) is 4.90 Å². The maximum Gasteiger partial charge on any atom is 0.246 e. The first kappa shape index (κ1) is 14.3. The first-order valence-electron chi connectivity index (χ1n) is 5.66. The highest BCUT2D eigenvalue weighted by Crippen LogP contribution is 2.23. The average molecular weight is 294 g/mol. The summed E-state index contributed by atoms with van der Waals surface area (Å²) in [5, 5.41) is 0. The van der Waals surface area contributed by atoms with Gasteiger partial charge >= 0.3 is 0 Å². The summed E-state index contributed by atoms with van der Waals surface area (Å²) in [6.07, 6.45) is 0. The quantitative estimate of drug-likeness (QED) is 0.765. The van der Waals surface area contributed by atoms with Crippen LogP contribution in [0, 0.1) is 17.5 Å². The van der Waals surface area contributed by atoms with Gasteiger partial charge in [0.2, 0.25) is 10.0 Å². The monoisotopic (exact) mass is 294 g/mol. The molecule has 0 saturated carbocycles. The van der Waals surface area contributed by atoms with Gasteiger partial charge in [0.25, 0.3) is 0 Å². The number of hydrogen-bond acceptors (Lipinski definition) is 3. The van der Waals surface area contributed by atoms with Gasteiger partial charge < -0.3 is 4.90 Å². The van der Waals surface area contributed by atoms with Gasteiger partial charge in [-0.05, 0) is 19.2 Å². The van der Waals surface area contributed by atoms with E-state index in [1.807, 2.05) is 11.9 Å². The second kappa shape index (κ2) is 5.10. The largest absolute Gasteiger partial charge is 0.304 e. The van der Waals surface area contributed by atoms with E-state index in [1.165, 1.54) is 0 Å². The molecule has 106 valence electrons. The molecule has 0 aromatic heterocycles. The molecule has 1 saturated heterocycles. The van der Waals surface area contributed by atoms with Gasteiger partial charge in [0.15, 0.2) is 17.5 Å². The second-order valence-electron chi connectivity index (χ2n) is 4.38. The Morgan fingerprint density at radius 2 is 1.58 bits per heavy atom. The van der Waals surface area contributed by atoms with E-state index in [2.05, 4.69) is 0 Å². The molecule has 2 rings (SSSR count). The first-order chi connectivity index (χ1) is 8.84. The van der Waals surface area contributed by atoms with Crippen molar-refractivity contribution in [2.75, 3.05) is 33.2 Å².